The number of rotatable bonds is 2. The Balaban J connectivity index is 1.19. The van der Waals surface area contributed by atoms with Crippen molar-refractivity contribution in [3.05, 3.63) is 162 Å². The van der Waals surface area contributed by atoms with E-state index in [0.717, 1.165) is 27.4 Å². The summed E-state index contributed by atoms with van der Waals surface area (Å²) in [6, 6.07) is 53.7. The first kappa shape index (κ1) is 25.5. The molecule has 0 saturated carbocycles. The van der Waals surface area contributed by atoms with E-state index < -0.39 is 0 Å². The molecule has 8 aromatic carbocycles. The first-order valence-corrected chi connectivity index (χ1v) is 16.4. The quantitative estimate of drug-likeness (QED) is 0.180. The number of hydrogen-bond acceptors (Lipinski definition) is 2. The first-order valence-electron chi connectivity index (χ1n) is 15.6. The second kappa shape index (κ2) is 9.61. The van der Waals surface area contributed by atoms with E-state index in [2.05, 4.69) is 109 Å². The maximum atomic E-state index is 14.0. The molecule has 10 rings (SSSR count). The number of pyridine rings is 1. The van der Waals surface area contributed by atoms with Gasteiger partial charge in [-0.1, -0.05) is 103 Å². The summed E-state index contributed by atoms with van der Waals surface area (Å²) in [6.45, 7) is 0. The standard InChI is InChI=1S/C43H25NOS/c45-43-36-15-6-5-13-33(36)35-14-7-8-16-40(35)44(43)28-19-22-42-39(25-28)38-24-27(18-21-41(38)46-42)26-17-20-34-31-11-2-1-9-29(31)30-10-3-4-12-32(30)37(34)23-26/h1-25H. The Morgan fingerprint density at radius 1 is 0.370 bits per heavy atom. The predicted molar refractivity (Wildman–Crippen MR) is 198 cm³/mol. The Labute approximate surface area is 268 Å². The van der Waals surface area contributed by atoms with Gasteiger partial charge in [-0.2, -0.15) is 0 Å². The summed E-state index contributed by atoms with van der Waals surface area (Å²) in [7, 11) is 0. The van der Waals surface area contributed by atoms with E-state index >= 15 is 0 Å². The van der Waals surface area contributed by atoms with Gasteiger partial charge >= 0.3 is 0 Å². The fourth-order valence-electron chi connectivity index (χ4n) is 7.46. The van der Waals surface area contributed by atoms with Gasteiger partial charge in [0.25, 0.3) is 5.56 Å². The van der Waals surface area contributed by atoms with Crippen LogP contribution in [0.25, 0.3) is 91.0 Å². The van der Waals surface area contributed by atoms with Crippen LogP contribution < -0.4 is 5.56 Å². The normalized spacial score (nSPS) is 12.0. The Kier molecular flexibility index (Phi) is 5.34. The molecule has 0 spiro atoms. The van der Waals surface area contributed by atoms with E-state index in [1.807, 2.05) is 47.0 Å². The highest BCUT2D eigenvalue weighted by atomic mass is 32.1. The number of thiophene rings is 1. The number of fused-ring (bicyclic) bond motifs is 12. The van der Waals surface area contributed by atoms with Gasteiger partial charge in [0, 0.05) is 36.6 Å². The molecule has 0 atom stereocenters. The van der Waals surface area contributed by atoms with Gasteiger partial charge in [-0.3, -0.25) is 9.36 Å². The van der Waals surface area contributed by atoms with Crippen LogP contribution >= 0.6 is 11.3 Å². The van der Waals surface area contributed by atoms with E-state index in [0.29, 0.717) is 0 Å². The molecule has 10 aromatic rings. The van der Waals surface area contributed by atoms with Crippen LogP contribution in [0.4, 0.5) is 0 Å². The molecule has 214 valence electrons. The smallest absolute Gasteiger partial charge is 0.263 e. The molecule has 0 radical (unpaired) electrons. The van der Waals surface area contributed by atoms with E-state index in [-0.39, 0.29) is 5.56 Å². The number of hydrogen-bond donors (Lipinski definition) is 0. The summed E-state index contributed by atoms with van der Waals surface area (Å²) >= 11 is 1.80. The first-order chi connectivity index (χ1) is 22.7. The van der Waals surface area contributed by atoms with Crippen molar-refractivity contribution in [3.8, 4) is 16.8 Å². The van der Waals surface area contributed by atoms with Crippen molar-refractivity contribution >= 4 is 85.5 Å². The predicted octanol–water partition coefficient (Wildman–Crippen LogP) is 11.6. The molecule has 2 nitrogen and oxygen atoms in total. The fourth-order valence-corrected chi connectivity index (χ4v) is 8.53. The van der Waals surface area contributed by atoms with Crippen molar-refractivity contribution in [1.82, 2.24) is 4.57 Å². The fraction of sp³-hybridized carbons (Fsp3) is 0. The monoisotopic (exact) mass is 603 g/mol. The molecule has 0 aliphatic rings. The lowest BCUT2D eigenvalue weighted by Crippen LogP contribution is -2.19. The lowest BCUT2D eigenvalue weighted by molar-refractivity contribution is 1.06. The lowest BCUT2D eigenvalue weighted by atomic mass is 9.92. The van der Waals surface area contributed by atoms with Crippen LogP contribution in [0.2, 0.25) is 0 Å². The summed E-state index contributed by atoms with van der Waals surface area (Å²) in [6.07, 6.45) is 0. The molecule has 0 aliphatic heterocycles. The summed E-state index contributed by atoms with van der Waals surface area (Å²) in [5.41, 5.74) is 4.19. The SMILES string of the molecule is O=c1c2ccccc2c2ccccc2n1-c1ccc2sc3ccc(-c4ccc5c6ccccc6c6ccccc6c5c4)cc3c2c1. The minimum absolute atomic E-state index is 0.00443. The maximum absolute atomic E-state index is 14.0. The van der Waals surface area contributed by atoms with Crippen LogP contribution in [0.1, 0.15) is 0 Å². The van der Waals surface area contributed by atoms with Gasteiger partial charge in [-0.05, 0) is 97.4 Å². The minimum Gasteiger partial charge on any atom is -0.276 e. The van der Waals surface area contributed by atoms with Crippen molar-refractivity contribution in [2.24, 2.45) is 0 Å². The summed E-state index contributed by atoms with van der Waals surface area (Å²) < 4.78 is 4.33. The maximum Gasteiger partial charge on any atom is 0.263 e. The Morgan fingerprint density at radius 2 is 0.826 bits per heavy atom. The highest BCUT2D eigenvalue weighted by Gasteiger charge is 2.15. The molecule has 0 aliphatic carbocycles. The van der Waals surface area contributed by atoms with Crippen LogP contribution in [0, 0.1) is 0 Å². The van der Waals surface area contributed by atoms with Crippen molar-refractivity contribution in [2.45, 2.75) is 0 Å². The van der Waals surface area contributed by atoms with Crippen LogP contribution in [-0.4, -0.2) is 4.57 Å². The molecule has 0 amide bonds. The molecule has 0 bridgehead atoms. The molecule has 46 heavy (non-hydrogen) atoms. The molecule has 2 heterocycles. The van der Waals surface area contributed by atoms with Crippen molar-refractivity contribution in [2.75, 3.05) is 0 Å². The summed E-state index contributed by atoms with van der Waals surface area (Å²) in [5, 5.41) is 12.9. The van der Waals surface area contributed by atoms with Crippen molar-refractivity contribution in [1.29, 1.82) is 0 Å². The highest BCUT2D eigenvalue weighted by Crippen LogP contribution is 2.40. The van der Waals surface area contributed by atoms with Crippen molar-refractivity contribution < 1.29 is 0 Å². The van der Waals surface area contributed by atoms with Gasteiger partial charge in [0.2, 0.25) is 0 Å². The molecular formula is C43H25NOS. The van der Waals surface area contributed by atoms with Crippen LogP contribution in [0.15, 0.2) is 156 Å². The van der Waals surface area contributed by atoms with E-state index in [4.69, 9.17) is 0 Å². The second-order valence-electron chi connectivity index (χ2n) is 12.0. The number of aromatic nitrogens is 1. The van der Waals surface area contributed by atoms with Crippen molar-refractivity contribution in [3.63, 3.8) is 0 Å². The third-order valence-corrected chi connectivity index (χ3v) is 10.7. The lowest BCUT2D eigenvalue weighted by Gasteiger charge is -2.13. The largest absolute Gasteiger partial charge is 0.276 e. The number of para-hydroxylation sites is 1. The van der Waals surface area contributed by atoms with Gasteiger partial charge in [0.15, 0.2) is 0 Å². The van der Waals surface area contributed by atoms with Gasteiger partial charge in [-0.25, -0.2) is 0 Å². The summed E-state index contributed by atoms with van der Waals surface area (Å²) in [4.78, 5) is 14.0. The Hall–Kier alpha value is -5.77. The van der Waals surface area contributed by atoms with E-state index in [1.165, 1.54) is 63.6 Å². The molecular weight excluding hydrogens is 579 g/mol. The summed E-state index contributed by atoms with van der Waals surface area (Å²) in [5.74, 6) is 0. The minimum atomic E-state index is 0.00443. The Bertz CT molecular complexity index is 2910. The van der Waals surface area contributed by atoms with E-state index in [9.17, 15) is 4.79 Å². The average Bonchev–Trinajstić information content (AvgIpc) is 3.49. The third-order valence-electron chi connectivity index (χ3n) is 9.58. The highest BCUT2D eigenvalue weighted by molar-refractivity contribution is 7.25. The molecule has 0 saturated heterocycles. The van der Waals surface area contributed by atoms with Crippen LogP contribution in [0.3, 0.4) is 0 Å². The molecule has 3 heteroatoms. The molecule has 0 N–H and O–H groups in total. The molecule has 2 aromatic heterocycles. The molecule has 0 fully saturated rings. The topological polar surface area (TPSA) is 22.0 Å². The Morgan fingerprint density at radius 3 is 1.50 bits per heavy atom. The zero-order valence-electron chi connectivity index (χ0n) is 24.7. The van der Waals surface area contributed by atoms with Gasteiger partial charge in [0.1, 0.15) is 0 Å². The number of benzene rings is 8. The second-order valence-corrected chi connectivity index (χ2v) is 13.1. The molecule has 0 unspecified atom stereocenters. The van der Waals surface area contributed by atoms with Gasteiger partial charge in [-0.15, -0.1) is 11.3 Å². The van der Waals surface area contributed by atoms with Crippen LogP contribution in [0.5, 0.6) is 0 Å². The van der Waals surface area contributed by atoms with E-state index in [1.54, 1.807) is 11.3 Å². The average molecular weight is 604 g/mol. The van der Waals surface area contributed by atoms with Gasteiger partial charge in [0.05, 0.1) is 5.52 Å². The number of nitrogens with zero attached hydrogens (tertiary/aromatic N) is 1. The van der Waals surface area contributed by atoms with Crippen LogP contribution in [-0.2, 0) is 0 Å². The third kappa shape index (κ3) is 3.61. The zero-order valence-corrected chi connectivity index (χ0v) is 25.5. The van der Waals surface area contributed by atoms with Gasteiger partial charge < -0.3 is 0 Å². The zero-order chi connectivity index (χ0) is 30.4.